The summed E-state index contributed by atoms with van der Waals surface area (Å²) in [7, 11) is -3.59. The highest BCUT2D eigenvalue weighted by Crippen LogP contribution is 2.26. The van der Waals surface area contributed by atoms with Crippen LogP contribution in [0.1, 0.15) is 32.1 Å². The number of halogens is 1. The first kappa shape index (κ1) is 18.1. The van der Waals surface area contributed by atoms with Crippen molar-refractivity contribution in [3.8, 4) is 0 Å². The van der Waals surface area contributed by atoms with Crippen molar-refractivity contribution >= 4 is 33.3 Å². The standard InChI is InChI=1S/C16H21N3O2S.ClH/c17-16(9-2-1-3-10-16)12-19-22(20,21)15-8-4-7-14-13(15)6-5-11-18-14;/h4-8,11,19H,1-3,9-10,12,17H2;1H. The van der Waals surface area contributed by atoms with E-state index in [1.807, 2.05) is 0 Å². The Hall–Kier alpha value is -1.21. The summed E-state index contributed by atoms with van der Waals surface area (Å²) in [6.45, 7) is 0.284. The van der Waals surface area contributed by atoms with E-state index < -0.39 is 15.6 Å². The number of benzene rings is 1. The molecule has 126 valence electrons. The van der Waals surface area contributed by atoms with Gasteiger partial charge in [-0.25, -0.2) is 13.1 Å². The van der Waals surface area contributed by atoms with E-state index in [0.717, 1.165) is 25.7 Å². The van der Waals surface area contributed by atoms with Crippen molar-refractivity contribution in [1.29, 1.82) is 0 Å². The minimum absolute atomic E-state index is 0. The van der Waals surface area contributed by atoms with E-state index in [-0.39, 0.29) is 23.8 Å². The third-order valence-corrected chi connectivity index (χ3v) is 5.82. The fourth-order valence-corrected chi connectivity index (χ4v) is 4.41. The summed E-state index contributed by atoms with van der Waals surface area (Å²) in [5, 5.41) is 0.632. The highest BCUT2D eigenvalue weighted by atomic mass is 35.5. The number of pyridine rings is 1. The molecule has 2 aromatic rings. The Labute approximate surface area is 143 Å². The smallest absolute Gasteiger partial charge is 0.241 e. The van der Waals surface area contributed by atoms with Gasteiger partial charge in [-0.15, -0.1) is 12.4 Å². The molecule has 1 heterocycles. The van der Waals surface area contributed by atoms with Crippen LogP contribution in [0.2, 0.25) is 0 Å². The van der Waals surface area contributed by atoms with E-state index in [9.17, 15) is 8.42 Å². The summed E-state index contributed by atoms with van der Waals surface area (Å²) in [6, 6.07) is 8.64. The van der Waals surface area contributed by atoms with E-state index in [4.69, 9.17) is 5.73 Å². The third kappa shape index (κ3) is 4.01. The number of rotatable bonds is 4. The van der Waals surface area contributed by atoms with E-state index in [1.165, 1.54) is 6.42 Å². The first-order chi connectivity index (χ1) is 10.5. The number of sulfonamides is 1. The monoisotopic (exact) mass is 355 g/mol. The Balaban J connectivity index is 0.00000192. The van der Waals surface area contributed by atoms with Gasteiger partial charge in [-0.1, -0.05) is 25.3 Å². The molecule has 23 heavy (non-hydrogen) atoms. The fraction of sp³-hybridized carbons (Fsp3) is 0.438. The molecule has 1 aliphatic carbocycles. The second-order valence-electron chi connectivity index (χ2n) is 6.07. The van der Waals surface area contributed by atoms with Crippen molar-refractivity contribution in [3.05, 3.63) is 36.5 Å². The van der Waals surface area contributed by atoms with Crippen LogP contribution >= 0.6 is 12.4 Å². The summed E-state index contributed by atoms with van der Waals surface area (Å²) >= 11 is 0. The van der Waals surface area contributed by atoms with Crippen molar-refractivity contribution in [2.24, 2.45) is 5.73 Å². The lowest BCUT2D eigenvalue weighted by Crippen LogP contribution is -2.51. The predicted octanol–water partition coefficient (Wildman–Crippen LogP) is 2.60. The molecular weight excluding hydrogens is 334 g/mol. The van der Waals surface area contributed by atoms with Crippen molar-refractivity contribution in [3.63, 3.8) is 0 Å². The molecule has 5 nitrogen and oxygen atoms in total. The van der Waals surface area contributed by atoms with Crippen molar-refractivity contribution < 1.29 is 8.42 Å². The minimum atomic E-state index is -3.59. The largest absolute Gasteiger partial charge is 0.324 e. The van der Waals surface area contributed by atoms with Gasteiger partial charge >= 0.3 is 0 Å². The maximum atomic E-state index is 12.6. The highest BCUT2D eigenvalue weighted by Gasteiger charge is 2.29. The zero-order chi connectivity index (χ0) is 15.6. The van der Waals surface area contributed by atoms with E-state index >= 15 is 0 Å². The van der Waals surface area contributed by atoms with Crippen LogP contribution in [0.15, 0.2) is 41.4 Å². The van der Waals surface area contributed by atoms with Crippen LogP contribution in [-0.2, 0) is 10.0 Å². The predicted molar refractivity (Wildman–Crippen MR) is 94.2 cm³/mol. The molecule has 1 aromatic heterocycles. The fourth-order valence-electron chi connectivity index (χ4n) is 3.06. The highest BCUT2D eigenvalue weighted by molar-refractivity contribution is 7.89. The number of nitrogens with two attached hydrogens (primary N) is 1. The zero-order valence-electron chi connectivity index (χ0n) is 12.9. The molecule has 1 saturated carbocycles. The molecule has 0 unspecified atom stereocenters. The Morgan fingerprint density at radius 2 is 1.87 bits per heavy atom. The molecule has 0 aliphatic heterocycles. The average Bonchev–Trinajstić information content (AvgIpc) is 2.53. The molecule has 0 atom stereocenters. The number of hydrogen-bond acceptors (Lipinski definition) is 4. The topological polar surface area (TPSA) is 85.1 Å². The molecular formula is C16H22ClN3O2S. The van der Waals surface area contributed by atoms with Crippen LogP contribution in [0.4, 0.5) is 0 Å². The molecule has 3 N–H and O–H groups in total. The van der Waals surface area contributed by atoms with Gasteiger partial charge in [-0.2, -0.15) is 0 Å². The molecule has 3 rings (SSSR count). The lowest BCUT2D eigenvalue weighted by atomic mass is 9.83. The lowest BCUT2D eigenvalue weighted by Gasteiger charge is -2.33. The summed E-state index contributed by atoms with van der Waals surface area (Å²) < 4.78 is 28.0. The van der Waals surface area contributed by atoms with Crippen LogP contribution in [-0.4, -0.2) is 25.5 Å². The van der Waals surface area contributed by atoms with Gasteiger partial charge in [0, 0.05) is 23.7 Å². The third-order valence-electron chi connectivity index (χ3n) is 4.36. The lowest BCUT2D eigenvalue weighted by molar-refractivity contribution is 0.296. The molecule has 7 heteroatoms. The van der Waals surface area contributed by atoms with Gasteiger partial charge in [-0.3, -0.25) is 4.98 Å². The Morgan fingerprint density at radius 1 is 1.13 bits per heavy atom. The van der Waals surface area contributed by atoms with Gasteiger partial charge in [0.1, 0.15) is 0 Å². The number of nitrogens with one attached hydrogen (secondary N) is 1. The van der Waals surface area contributed by atoms with Crippen LogP contribution < -0.4 is 10.5 Å². The summed E-state index contributed by atoms with van der Waals surface area (Å²) in [4.78, 5) is 4.46. The average molecular weight is 356 g/mol. The molecule has 0 saturated heterocycles. The first-order valence-electron chi connectivity index (χ1n) is 7.63. The Morgan fingerprint density at radius 3 is 2.61 bits per heavy atom. The molecule has 0 bridgehead atoms. The van der Waals surface area contributed by atoms with Gasteiger partial charge in [0.2, 0.25) is 10.0 Å². The summed E-state index contributed by atoms with van der Waals surface area (Å²) in [5.74, 6) is 0. The van der Waals surface area contributed by atoms with Crippen molar-refractivity contribution in [1.82, 2.24) is 9.71 Å². The van der Waals surface area contributed by atoms with Gasteiger partial charge in [0.15, 0.2) is 0 Å². The molecule has 0 amide bonds. The van der Waals surface area contributed by atoms with Crippen molar-refractivity contribution in [2.45, 2.75) is 42.5 Å². The first-order valence-corrected chi connectivity index (χ1v) is 9.11. The normalized spacial score (nSPS) is 17.6. The van der Waals surface area contributed by atoms with Gasteiger partial charge in [0.25, 0.3) is 0 Å². The van der Waals surface area contributed by atoms with E-state index in [0.29, 0.717) is 10.9 Å². The van der Waals surface area contributed by atoms with E-state index in [1.54, 1.807) is 36.5 Å². The van der Waals surface area contributed by atoms with Gasteiger partial charge in [0.05, 0.1) is 10.4 Å². The number of nitrogens with zero attached hydrogens (tertiary/aromatic N) is 1. The SMILES string of the molecule is Cl.NC1(CNS(=O)(=O)c2cccc3ncccc23)CCCCC1. The quantitative estimate of drug-likeness (QED) is 0.882. The zero-order valence-corrected chi connectivity index (χ0v) is 14.5. The number of aromatic nitrogens is 1. The van der Waals surface area contributed by atoms with Gasteiger partial charge in [-0.05, 0) is 37.1 Å². The molecule has 1 fully saturated rings. The van der Waals surface area contributed by atoms with Crippen molar-refractivity contribution in [2.75, 3.05) is 6.54 Å². The molecule has 1 aromatic carbocycles. The van der Waals surface area contributed by atoms with Gasteiger partial charge < -0.3 is 5.73 Å². The van der Waals surface area contributed by atoms with Crippen LogP contribution in [0.5, 0.6) is 0 Å². The van der Waals surface area contributed by atoms with Crippen LogP contribution in [0.25, 0.3) is 10.9 Å². The summed E-state index contributed by atoms with van der Waals surface area (Å²) in [6.07, 6.45) is 6.70. The second kappa shape index (κ2) is 7.13. The van der Waals surface area contributed by atoms with Crippen LogP contribution in [0, 0.1) is 0 Å². The number of hydrogen-bond donors (Lipinski definition) is 2. The molecule has 0 radical (unpaired) electrons. The second-order valence-corrected chi connectivity index (χ2v) is 7.81. The van der Waals surface area contributed by atoms with Crippen LogP contribution in [0.3, 0.4) is 0 Å². The summed E-state index contributed by atoms with van der Waals surface area (Å²) in [5.41, 5.74) is 6.57. The maximum absolute atomic E-state index is 12.6. The maximum Gasteiger partial charge on any atom is 0.241 e. The molecule has 1 aliphatic rings. The van der Waals surface area contributed by atoms with E-state index in [2.05, 4.69) is 9.71 Å². The molecule has 0 spiro atoms. The number of fused-ring (bicyclic) bond motifs is 1. The minimum Gasteiger partial charge on any atom is -0.324 e. The Kier molecular flexibility index (Phi) is 5.62. The Bertz CT molecular complexity index is 768.